The Hall–Kier alpha value is -7.28. The molecule has 0 N–H and O–H groups in total. The van der Waals surface area contributed by atoms with Crippen molar-refractivity contribution in [2.75, 3.05) is 0 Å². The van der Waals surface area contributed by atoms with Gasteiger partial charge >= 0.3 is 0 Å². The van der Waals surface area contributed by atoms with Crippen LogP contribution in [0.15, 0.2) is 204 Å². The molecule has 11 rings (SSSR count). The van der Waals surface area contributed by atoms with Gasteiger partial charge in [-0.1, -0.05) is 164 Å². The molecule has 0 fully saturated rings. The Balaban J connectivity index is 1.01. The van der Waals surface area contributed by atoms with Crippen LogP contribution in [-0.4, -0.2) is 23.7 Å². The number of fused-ring (bicyclic) bond motifs is 6. The second-order valence-electron chi connectivity index (χ2n) is 14.2. The number of rotatable bonds is 6. The molecule has 0 spiro atoms. The molecule has 10 aromatic rings. The summed E-state index contributed by atoms with van der Waals surface area (Å²) in [5, 5.41) is 2.33. The summed E-state index contributed by atoms with van der Waals surface area (Å²) in [7, 11) is -1.27. The maximum atomic E-state index is 14.0. The lowest BCUT2D eigenvalue weighted by atomic mass is 9.98. The minimum atomic E-state index is -1.27. The normalized spacial score (nSPS) is 13.2. The number of para-hydroxylation sites is 2. The molecule has 8 aromatic carbocycles. The van der Waals surface area contributed by atoms with Crippen molar-refractivity contribution in [3.05, 3.63) is 194 Å². The third kappa shape index (κ3) is 5.53. The topological polar surface area (TPSA) is 60.7 Å². The minimum Gasteiger partial charge on any atom is -0.309 e. The maximum absolute atomic E-state index is 14.0. The fraction of sp³-hybridized carbons (Fsp3) is 0. The summed E-state index contributed by atoms with van der Waals surface area (Å²) in [4.78, 5) is 16.5. The second-order valence-corrected chi connectivity index (χ2v) is 15.5. The Morgan fingerprint density at radius 3 is 1.56 bits per heavy atom. The number of hydrogen-bond donors (Lipinski definition) is 0. The lowest BCUT2D eigenvalue weighted by Gasteiger charge is -2.16. The van der Waals surface area contributed by atoms with Gasteiger partial charge in [0.05, 0.1) is 37.3 Å². The fourth-order valence-corrected chi connectivity index (χ4v) is 9.73. The predicted octanol–water partition coefficient (Wildman–Crippen LogP) is 12.5. The van der Waals surface area contributed by atoms with Gasteiger partial charge in [-0.15, -0.1) is 0 Å². The quantitative estimate of drug-likeness (QED) is 0.170. The van der Waals surface area contributed by atoms with Crippen molar-refractivity contribution >= 4 is 32.6 Å². The molecule has 2 aromatic heterocycles. The average Bonchev–Trinajstić information content (AvgIpc) is 3.78. The zero-order valence-electron chi connectivity index (χ0n) is 30.6. The van der Waals surface area contributed by atoms with Crippen LogP contribution in [0.25, 0.3) is 95.0 Å². The molecule has 0 amide bonds. The third-order valence-electron chi connectivity index (χ3n) is 10.9. The summed E-state index contributed by atoms with van der Waals surface area (Å²) < 4.78 is 16.4. The predicted molar refractivity (Wildman–Crippen MR) is 231 cm³/mol. The molecular weight excluding hydrogens is 717 g/mol. The Morgan fingerprint density at radius 1 is 0.368 bits per heavy atom. The van der Waals surface area contributed by atoms with E-state index in [9.17, 15) is 4.21 Å². The zero-order valence-corrected chi connectivity index (χ0v) is 31.4. The van der Waals surface area contributed by atoms with E-state index in [2.05, 4.69) is 120 Å². The van der Waals surface area contributed by atoms with Gasteiger partial charge in [0, 0.05) is 44.2 Å². The molecule has 1 atom stereocenters. The van der Waals surface area contributed by atoms with Gasteiger partial charge in [0.1, 0.15) is 0 Å². The molecule has 1 aliphatic heterocycles. The summed E-state index contributed by atoms with van der Waals surface area (Å²) in [6, 6.07) is 66.7. The molecule has 268 valence electrons. The van der Waals surface area contributed by atoms with Crippen LogP contribution in [0.4, 0.5) is 0 Å². The van der Waals surface area contributed by atoms with Gasteiger partial charge in [0.2, 0.25) is 0 Å². The van der Waals surface area contributed by atoms with E-state index in [1.807, 2.05) is 78.9 Å². The van der Waals surface area contributed by atoms with Gasteiger partial charge < -0.3 is 4.57 Å². The van der Waals surface area contributed by atoms with Crippen LogP contribution in [0.2, 0.25) is 0 Å². The van der Waals surface area contributed by atoms with E-state index in [0.29, 0.717) is 17.5 Å². The SMILES string of the molecule is O=S1c2ccccc2-c2cccc(-c3ccccc3-n3c4ccccc4c4cc(-c5ccc(-c6nc(-c7ccccc7)nc(-c7ccccc7)n6)cc5)ccc43)c21. The number of nitrogens with zero attached hydrogens (tertiary/aromatic N) is 4. The first-order valence-corrected chi connectivity index (χ1v) is 20.1. The van der Waals surface area contributed by atoms with Gasteiger partial charge in [-0.25, -0.2) is 19.2 Å². The molecule has 1 aliphatic rings. The van der Waals surface area contributed by atoms with E-state index < -0.39 is 10.8 Å². The van der Waals surface area contributed by atoms with Crippen molar-refractivity contribution in [1.29, 1.82) is 0 Å². The van der Waals surface area contributed by atoms with Crippen LogP contribution in [0, 0.1) is 0 Å². The fourth-order valence-electron chi connectivity index (χ4n) is 8.18. The Kier molecular flexibility index (Phi) is 7.83. The van der Waals surface area contributed by atoms with E-state index in [1.54, 1.807) is 0 Å². The monoisotopic (exact) mass is 748 g/mol. The van der Waals surface area contributed by atoms with Crippen molar-refractivity contribution in [2.45, 2.75) is 9.79 Å². The van der Waals surface area contributed by atoms with Gasteiger partial charge in [-0.05, 0) is 47.0 Å². The highest BCUT2D eigenvalue weighted by Crippen LogP contribution is 2.47. The van der Waals surface area contributed by atoms with Crippen molar-refractivity contribution in [3.63, 3.8) is 0 Å². The maximum Gasteiger partial charge on any atom is 0.164 e. The highest BCUT2D eigenvalue weighted by molar-refractivity contribution is 7.86. The van der Waals surface area contributed by atoms with Crippen molar-refractivity contribution in [1.82, 2.24) is 19.5 Å². The van der Waals surface area contributed by atoms with Crippen LogP contribution in [0.1, 0.15) is 0 Å². The zero-order chi connectivity index (χ0) is 37.9. The lowest BCUT2D eigenvalue weighted by Crippen LogP contribution is -2.00. The molecule has 0 saturated heterocycles. The molecule has 1 unspecified atom stereocenters. The van der Waals surface area contributed by atoms with Crippen molar-refractivity contribution in [3.8, 4) is 73.2 Å². The number of aromatic nitrogens is 4. The Morgan fingerprint density at radius 2 is 0.860 bits per heavy atom. The molecule has 0 saturated carbocycles. The molecule has 5 nitrogen and oxygen atoms in total. The van der Waals surface area contributed by atoms with E-state index in [4.69, 9.17) is 15.0 Å². The Bertz CT molecular complexity index is 3130. The van der Waals surface area contributed by atoms with Crippen LogP contribution >= 0.6 is 0 Å². The molecular formula is C51H32N4OS. The molecule has 57 heavy (non-hydrogen) atoms. The highest BCUT2D eigenvalue weighted by atomic mass is 32.2. The summed E-state index contributed by atoms with van der Waals surface area (Å²) in [6.07, 6.45) is 0. The van der Waals surface area contributed by atoms with E-state index in [0.717, 1.165) is 82.0 Å². The number of hydrogen-bond acceptors (Lipinski definition) is 4. The summed E-state index contributed by atoms with van der Waals surface area (Å²) >= 11 is 0. The standard InChI is InChI=1S/C51H32N4OS/c56-57-47-25-12-9-20-40(47)42-22-13-21-41(48(42)57)38-18-7-10-23-44(38)55-45-24-11-8-19-39(45)43-32-37(30-31-46(43)55)33-26-28-36(29-27-33)51-53-49(34-14-3-1-4-15-34)52-50(54-51)35-16-5-2-6-17-35/h1-32H. The minimum absolute atomic E-state index is 0.628. The lowest BCUT2D eigenvalue weighted by molar-refractivity contribution is 0.685. The van der Waals surface area contributed by atoms with E-state index >= 15 is 0 Å². The van der Waals surface area contributed by atoms with Crippen LogP contribution in [0.5, 0.6) is 0 Å². The van der Waals surface area contributed by atoms with Crippen molar-refractivity contribution in [2.24, 2.45) is 0 Å². The molecule has 0 bridgehead atoms. The van der Waals surface area contributed by atoms with Gasteiger partial charge in [0.15, 0.2) is 17.5 Å². The second kappa shape index (κ2) is 13.5. The van der Waals surface area contributed by atoms with Gasteiger partial charge in [-0.3, -0.25) is 0 Å². The molecule has 3 heterocycles. The molecule has 6 heteroatoms. The van der Waals surface area contributed by atoms with Crippen LogP contribution in [0.3, 0.4) is 0 Å². The molecule has 0 radical (unpaired) electrons. The first-order valence-electron chi connectivity index (χ1n) is 18.9. The first kappa shape index (κ1) is 33.1. The summed E-state index contributed by atoms with van der Waals surface area (Å²) in [6.45, 7) is 0. The number of benzene rings is 8. The van der Waals surface area contributed by atoms with E-state index in [1.165, 1.54) is 5.39 Å². The smallest absolute Gasteiger partial charge is 0.164 e. The largest absolute Gasteiger partial charge is 0.309 e. The van der Waals surface area contributed by atoms with Crippen LogP contribution < -0.4 is 0 Å². The van der Waals surface area contributed by atoms with Gasteiger partial charge in [-0.2, -0.15) is 0 Å². The summed E-state index contributed by atoms with van der Waals surface area (Å²) in [5.74, 6) is 1.91. The average molecular weight is 749 g/mol. The highest BCUT2D eigenvalue weighted by Gasteiger charge is 2.29. The molecule has 0 aliphatic carbocycles. The summed E-state index contributed by atoms with van der Waals surface area (Å²) in [5.41, 5.74) is 12.4. The third-order valence-corrected chi connectivity index (χ3v) is 12.4. The van der Waals surface area contributed by atoms with E-state index in [-0.39, 0.29) is 0 Å². The Labute approximate surface area is 332 Å². The van der Waals surface area contributed by atoms with Crippen molar-refractivity contribution < 1.29 is 4.21 Å². The van der Waals surface area contributed by atoms with Gasteiger partial charge in [0.25, 0.3) is 0 Å². The van der Waals surface area contributed by atoms with Crippen LogP contribution in [-0.2, 0) is 10.8 Å². The first-order chi connectivity index (χ1) is 28.2.